The van der Waals surface area contributed by atoms with Gasteiger partial charge in [0.25, 0.3) is 0 Å². The number of aromatic nitrogens is 6. The van der Waals surface area contributed by atoms with E-state index in [1.54, 1.807) is 65.3 Å². The number of carbonyl (C=O) groups is 4. The highest BCUT2D eigenvalue weighted by molar-refractivity contribution is 7.92. The summed E-state index contributed by atoms with van der Waals surface area (Å²) < 4.78 is 39.8. The molecule has 3 aromatic heterocycles. The summed E-state index contributed by atoms with van der Waals surface area (Å²) in [5, 5.41) is 20.1. The van der Waals surface area contributed by atoms with E-state index in [9.17, 15) is 27.6 Å². The zero-order valence-corrected chi connectivity index (χ0v) is 45.9. The number of ether oxygens (including phenoxy) is 2. The number of hydrogen-bond donors (Lipinski definition) is 5. The van der Waals surface area contributed by atoms with Crippen LogP contribution in [0.3, 0.4) is 0 Å². The molecule has 410 valence electrons. The van der Waals surface area contributed by atoms with Crippen LogP contribution < -0.4 is 35.6 Å². The zero-order chi connectivity index (χ0) is 54.6. The van der Waals surface area contributed by atoms with Crippen LogP contribution in [0.2, 0.25) is 0 Å². The summed E-state index contributed by atoms with van der Waals surface area (Å²) >= 11 is 0. The molecule has 2 saturated heterocycles. The highest BCUT2D eigenvalue weighted by Crippen LogP contribution is 2.39. The number of hydrogen-bond acceptors (Lipinski definition) is 16. The molecule has 5 N–H and O–H groups in total. The minimum Gasteiger partial charge on any atom is -0.492 e. The first kappa shape index (κ1) is 54.8. The number of fused-ring (bicyclic) bond motifs is 2. The van der Waals surface area contributed by atoms with Crippen molar-refractivity contribution in [2.45, 2.75) is 145 Å². The van der Waals surface area contributed by atoms with Crippen LogP contribution in [0.4, 0.5) is 17.6 Å². The van der Waals surface area contributed by atoms with Crippen molar-refractivity contribution in [3.8, 4) is 11.5 Å². The van der Waals surface area contributed by atoms with Gasteiger partial charge in [-0.15, -0.1) is 0 Å². The topological polar surface area (TPSA) is 256 Å². The van der Waals surface area contributed by atoms with Crippen molar-refractivity contribution < 1.29 is 37.1 Å². The maximum absolute atomic E-state index is 14.9. The number of amides is 3. The minimum absolute atomic E-state index is 0.0601. The van der Waals surface area contributed by atoms with Crippen LogP contribution in [0.25, 0.3) is 10.9 Å². The molecule has 4 aliphatic rings. The first-order valence-corrected chi connectivity index (χ1v) is 28.4. The number of piperidine rings is 1. The van der Waals surface area contributed by atoms with E-state index in [1.165, 1.54) is 11.2 Å². The molecule has 2 aliphatic heterocycles. The van der Waals surface area contributed by atoms with Gasteiger partial charge in [0.15, 0.2) is 27.7 Å². The van der Waals surface area contributed by atoms with Crippen molar-refractivity contribution in [1.29, 1.82) is 0 Å². The molecule has 3 amide bonds. The van der Waals surface area contributed by atoms with Crippen molar-refractivity contribution in [3.05, 3.63) is 89.7 Å². The Morgan fingerprint density at radius 3 is 2.40 bits per heavy atom. The molecule has 3 fully saturated rings. The van der Waals surface area contributed by atoms with Gasteiger partial charge >= 0.3 is 0 Å². The number of H-pyrrole nitrogens is 1. The normalized spacial score (nSPS) is 21.0. The summed E-state index contributed by atoms with van der Waals surface area (Å²) in [7, 11) is -2.17. The van der Waals surface area contributed by atoms with Gasteiger partial charge in [0.1, 0.15) is 46.5 Å². The Morgan fingerprint density at radius 2 is 1.71 bits per heavy atom. The van der Waals surface area contributed by atoms with Crippen LogP contribution >= 0.6 is 0 Å². The van der Waals surface area contributed by atoms with Crippen molar-refractivity contribution in [2.24, 2.45) is 11.8 Å². The number of aromatic amines is 1. The summed E-state index contributed by atoms with van der Waals surface area (Å²) in [5.74, 6) is 1.20. The van der Waals surface area contributed by atoms with Gasteiger partial charge in [-0.25, -0.2) is 28.4 Å². The molecule has 0 spiro atoms. The standard InChI is InChI=1S/C56H72N12O8S/c1-34-35(2)65-66-49(34)63-50-42-27-47(77(73,74)55(4,5)6)46(28-44(42)60-33-61-50)75-25-21-37-19-23-67(24-20-37)54-58-29-41(30-59-54)76-40-26-45(52(71)64-56(32-69)22-13-17-38-14-11-12-18-43(38)56)68(31-40)53(72)48(39-15-9-8-10-16-39)62-51(70)36(3)57-7/h11-14,18,22,27-30,32-33,36-37,39-40,45,48,57H,8-10,15-17,19-21,23-26,31H2,1-7H3,(H,62,70)(H,64,71)(H2,60,61,63,65,66)/t36-,40-,45-,48-,56-/m0/s1. The van der Waals surface area contributed by atoms with E-state index in [1.807, 2.05) is 44.2 Å². The van der Waals surface area contributed by atoms with E-state index in [0.717, 1.165) is 68.1 Å². The zero-order valence-electron chi connectivity index (χ0n) is 45.1. The van der Waals surface area contributed by atoms with Crippen molar-refractivity contribution in [1.82, 2.24) is 51.0 Å². The molecule has 0 bridgehead atoms. The lowest BCUT2D eigenvalue weighted by molar-refractivity contribution is -0.144. The van der Waals surface area contributed by atoms with Gasteiger partial charge in [0.05, 0.1) is 41.9 Å². The highest BCUT2D eigenvalue weighted by Gasteiger charge is 2.47. The number of nitrogens with zero attached hydrogens (tertiary/aromatic N) is 7. The predicted octanol–water partition coefficient (Wildman–Crippen LogP) is 6.11. The van der Waals surface area contributed by atoms with Gasteiger partial charge in [-0.2, -0.15) is 5.10 Å². The van der Waals surface area contributed by atoms with Crippen LogP contribution in [-0.2, 0) is 41.0 Å². The lowest BCUT2D eigenvalue weighted by atomic mass is 9.82. The van der Waals surface area contributed by atoms with Gasteiger partial charge in [-0.1, -0.05) is 55.7 Å². The Labute approximate surface area is 450 Å². The lowest BCUT2D eigenvalue weighted by Gasteiger charge is -2.36. The number of likely N-dealkylation sites (N-methyl/N-ethyl adjacent to an activating group) is 1. The molecule has 21 heteroatoms. The second-order valence-electron chi connectivity index (χ2n) is 22.0. The van der Waals surface area contributed by atoms with Gasteiger partial charge < -0.3 is 40.5 Å². The van der Waals surface area contributed by atoms with E-state index >= 15 is 0 Å². The number of carbonyl (C=O) groups excluding carboxylic acids is 4. The number of rotatable bonds is 18. The van der Waals surface area contributed by atoms with E-state index in [2.05, 4.69) is 56.3 Å². The molecule has 2 aliphatic carbocycles. The monoisotopic (exact) mass is 1070 g/mol. The number of allylic oxidation sites excluding steroid dienone is 1. The average molecular weight is 1070 g/mol. The third kappa shape index (κ3) is 11.7. The Balaban J connectivity index is 0.854. The van der Waals surface area contributed by atoms with Gasteiger partial charge in [-0.3, -0.25) is 24.3 Å². The molecule has 20 nitrogen and oxygen atoms in total. The second kappa shape index (κ2) is 22.9. The quantitative estimate of drug-likeness (QED) is 0.0490. The SMILES string of the molecule is CN[C@@H](C)C(=O)N[C@H](C(=O)N1C[C@@H](Oc2cnc(N3CCC(CCOc4cc5ncnc(Nc6n[nH]c(C)c6C)c5cc4S(=O)(=O)C(C)(C)C)CC3)nc2)C[C@H]1C(=O)N[C@]1(C=O)C=CCc2ccccc21)C1CCCCC1. The Hall–Kier alpha value is -7.00. The average Bonchev–Trinajstić information content (AvgIpc) is 4.02. The number of aldehydes is 1. The minimum atomic E-state index is -3.86. The number of nitrogens with one attached hydrogen (secondary N) is 5. The highest BCUT2D eigenvalue weighted by atomic mass is 32.2. The molecular formula is C56H72N12O8S. The van der Waals surface area contributed by atoms with Gasteiger partial charge in [0, 0.05) is 42.2 Å². The fourth-order valence-corrected chi connectivity index (χ4v) is 12.2. The van der Waals surface area contributed by atoms with Crippen molar-refractivity contribution in [2.75, 3.05) is 43.5 Å². The molecular weight excluding hydrogens is 1000 g/mol. The van der Waals surface area contributed by atoms with E-state index in [-0.39, 0.29) is 41.3 Å². The van der Waals surface area contributed by atoms with Gasteiger partial charge in [0.2, 0.25) is 23.7 Å². The number of aryl methyl sites for hydroxylation is 1. The van der Waals surface area contributed by atoms with Crippen molar-refractivity contribution >= 4 is 62.3 Å². The van der Waals surface area contributed by atoms with E-state index in [4.69, 9.17) is 9.47 Å². The maximum atomic E-state index is 14.9. The molecule has 5 heterocycles. The molecule has 5 atom stereocenters. The smallest absolute Gasteiger partial charge is 0.246 e. The Bertz CT molecular complexity index is 3110. The third-order valence-corrected chi connectivity index (χ3v) is 18.5. The molecule has 0 radical (unpaired) electrons. The number of sulfone groups is 1. The number of anilines is 3. The third-order valence-electron chi connectivity index (χ3n) is 15.9. The predicted molar refractivity (Wildman–Crippen MR) is 292 cm³/mol. The van der Waals surface area contributed by atoms with E-state index in [0.29, 0.717) is 78.3 Å². The summed E-state index contributed by atoms with van der Waals surface area (Å²) in [6, 6.07) is 8.36. The lowest BCUT2D eigenvalue weighted by Crippen LogP contribution is -2.59. The summed E-state index contributed by atoms with van der Waals surface area (Å²) in [6.07, 6.45) is 15.9. The molecule has 0 unspecified atom stereocenters. The molecule has 9 rings (SSSR count). The first-order chi connectivity index (χ1) is 36.9. The largest absolute Gasteiger partial charge is 0.492 e. The first-order valence-electron chi connectivity index (χ1n) is 26.9. The fraction of sp³-hybridized carbons (Fsp3) is 0.518. The second-order valence-corrected chi connectivity index (χ2v) is 24.7. The molecule has 1 saturated carbocycles. The van der Waals surface area contributed by atoms with E-state index < -0.39 is 50.3 Å². The van der Waals surface area contributed by atoms with Crippen LogP contribution in [0.1, 0.15) is 108 Å². The summed E-state index contributed by atoms with van der Waals surface area (Å²) in [4.78, 5) is 77.9. The summed E-state index contributed by atoms with van der Waals surface area (Å²) in [5.41, 5.74) is 2.52. The molecule has 77 heavy (non-hydrogen) atoms. The van der Waals surface area contributed by atoms with Crippen molar-refractivity contribution in [3.63, 3.8) is 0 Å². The Morgan fingerprint density at radius 1 is 0.974 bits per heavy atom. The fourth-order valence-electron chi connectivity index (χ4n) is 10.9. The van der Waals surface area contributed by atoms with Crippen LogP contribution in [0, 0.1) is 25.7 Å². The molecule has 5 aromatic rings. The van der Waals surface area contributed by atoms with Crippen LogP contribution in [0.15, 0.2) is 72.2 Å². The maximum Gasteiger partial charge on any atom is 0.246 e. The number of benzene rings is 2. The Kier molecular flexibility index (Phi) is 16.3. The summed E-state index contributed by atoms with van der Waals surface area (Å²) in [6.45, 7) is 12.3. The molecule has 2 aromatic carbocycles. The number of likely N-dealkylation sites (tertiary alicyclic amines) is 1. The van der Waals surface area contributed by atoms with Crippen LogP contribution in [0.5, 0.6) is 11.5 Å². The van der Waals surface area contributed by atoms with Crippen LogP contribution in [-0.4, -0.2) is 130 Å². The van der Waals surface area contributed by atoms with Gasteiger partial charge in [-0.05, 0) is 116 Å².